The normalized spacial score (nSPS) is 11.9. The van der Waals surface area contributed by atoms with Crippen molar-refractivity contribution in [3.63, 3.8) is 0 Å². The van der Waals surface area contributed by atoms with E-state index in [1.807, 2.05) is 60.7 Å². The predicted octanol–water partition coefficient (Wildman–Crippen LogP) is 12.7. The monoisotopic (exact) mass is 671 g/mol. The molecule has 0 aliphatic heterocycles. The van der Waals surface area contributed by atoms with E-state index in [2.05, 4.69) is 91.0 Å². The molecule has 7 aromatic carbocycles. The molecule has 11 rings (SSSR count). The molecule has 4 aromatic heterocycles. The van der Waals surface area contributed by atoms with Gasteiger partial charge >= 0.3 is 0 Å². The lowest BCUT2D eigenvalue weighted by molar-refractivity contribution is 0.668. The van der Waals surface area contributed by atoms with E-state index < -0.39 is 0 Å². The number of fused-ring (bicyclic) bond motifs is 9. The number of benzene rings is 7. The second-order valence-electron chi connectivity index (χ2n) is 12.8. The molecular formula is C45H25N3O2S. The maximum Gasteiger partial charge on any atom is 0.164 e. The SMILES string of the molecule is c1ccc(-c2nc(-c3ccc4c(c3)oc3ccc(-c5cccc6c5oc5ccccc56)cc34)nc(-c3cccc4sc5ccccc5c34)n2)cc1. The number of hydrogen-bond acceptors (Lipinski definition) is 6. The Morgan fingerprint density at radius 2 is 1.04 bits per heavy atom. The van der Waals surface area contributed by atoms with Crippen LogP contribution in [0.25, 0.3) is 109 Å². The molecule has 0 fully saturated rings. The number of para-hydroxylation sites is 2. The van der Waals surface area contributed by atoms with Gasteiger partial charge in [-0.2, -0.15) is 0 Å². The van der Waals surface area contributed by atoms with Gasteiger partial charge in [-0.1, -0.05) is 109 Å². The molecule has 11 aromatic rings. The fourth-order valence-corrected chi connectivity index (χ4v) is 8.49. The smallest absolute Gasteiger partial charge is 0.164 e. The van der Waals surface area contributed by atoms with Gasteiger partial charge in [-0.3, -0.25) is 0 Å². The highest BCUT2D eigenvalue weighted by Crippen LogP contribution is 2.41. The molecule has 238 valence electrons. The van der Waals surface area contributed by atoms with Gasteiger partial charge in [0.25, 0.3) is 0 Å². The van der Waals surface area contributed by atoms with Crippen molar-refractivity contribution >= 4 is 75.4 Å². The minimum Gasteiger partial charge on any atom is -0.456 e. The van der Waals surface area contributed by atoms with E-state index in [1.165, 1.54) is 14.8 Å². The van der Waals surface area contributed by atoms with Crippen LogP contribution in [0.15, 0.2) is 160 Å². The molecular weight excluding hydrogens is 647 g/mol. The summed E-state index contributed by atoms with van der Waals surface area (Å²) in [6, 6.07) is 52.1. The molecule has 0 aliphatic rings. The molecule has 51 heavy (non-hydrogen) atoms. The van der Waals surface area contributed by atoms with Gasteiger partial charge in [0.1, 0.15) is 22.3 Å². The number of nitrogens with zero attached hydrogens (tertiary/aromatic N) is 3. The van der Waals surface area contributed by atoms with E-state index in [9.17, 15) is 0 Å². The molecule has 0 saturated carbocycles. The first-order valence-electron chi connectivity index (χ1n) is 16.8. The van der Waals surface area contributed by atoms with E-state index in [0.717, 1.165) is 77.1 Å². The van der Waals surface area contributed by atoms with E-state index in [0.29, 0.717) is 17.5 Å². The molecule has 0 amide bonds. The summed E-state index contributed by atoms with van der Waals surface area (Å²) in [6.45, 7) is 0. The lowest BCUT2D eigenvalue weighted by Crippen LogP contribution is -2.00. The van der Waals surface area contributed by atoms with Crippen LogP contribution >= 0.6 is 11.3 Å². The Morgan fingerprint density at radius 3 is 1.96 bits per heavy atom. The maximum atomic E-state index is 6.47. The third-order valence-electron chi connectivity index (χ3n) is 9.76. The Labute approximate surface area is 295 Å². The summed E-state index contributed by atoms with van der Waals surface area (Å²) in [5.74, 6) is 1.86. The number of hydrogen-bond donors (Lipinski definition) is 0. The van der Waals surface area contributed by atoms with E-state index in [-0.39, 0.29) is 0 Å². The quantitative estimate of drug-likeness (QED) is 0.186. The summed E-state index contributed by atoms with van der Waals surface area (Å²) in [5.41, 5.74) is 8.27. The van der Waals surface area contributed by atoms with E-state index in [4.69, 9.17) is 23.8 Å². The molecule has 4 heterocycles. The van der Waals surface area contributed by atoms with Crippen LogP contribution in [-0.4, -0.2) is 15.0 Å². The molecule has 0 bridgehead atoms. The van der Waals surface area contributed by atoms with Crippen molar-refractivity contribution in [1.29, 1.82) is 0 Å². The van der Waals surface area contributed by atoms with Gasteiger partial charge in [0.15, 0.2) is 17.5 Å². The average molecular weight is 672 g/mol. The van der Waals surface area contributed by atoms with Gasteiger partial charge in [-0.25, -0.2) is 15.0 Å². The van der Waals surface area contributed by atoms with Crippen molar-refractivity contribution in [1.82, 2.24) is 15.0 Å². The molecule has 0 radical (unpaired) electrons. The number of aromatic nitrogens is 3. The van der Waals surface area contributed by atoms with Crippen LogP contribution < -0.4 is 0 Å². The predicted molar refractivity (Wildman–Crippen MR) is 209 cm³/mol. The Balaban J connectivity index is 1.07. The summed E-state index contributed by atoms with van der Waals surface area (Å²) in [7, 11) is 0. The van der Waals surface area contributed by atoms with Gasteiger partial charge in [0.2, 0.25) is 0 Å². The van der Waals surface area contributed by atoms with Crippen LogP contribution in [0.5, 0.6) is 0 Å². The second kappa shape index (κ2) is 10.9. The fraction of sp³-hybridized carbons (Fsp3) is 0. The molecule has 6 heteroatoms. The van der Waals surface area contributed by atoms with Crippen LogP contribution in [0.1, 0.15) is 0 Å². The third kappa shape index (κ3) is 4.43. The van der Waals surface area contributed by atoms with E-state index >= 15 is 0 Å². The molecule has 0 atom stereocenters. The molecule has 0 unspecified atom stereocenters. The Hall–Kier alpha value is -6.63. The van der Waals surface area contributed by atoms with Gasteiger partial charge < -0.3 is 8.83 Å². The average Bonchev–Trinajstić information content (AvgIpc) is 3.88. The first-order chi connectivity index (χ1) is 25.2. The highest BCUT2D eigenvalue weighted by molar-refractivity contribution is 7.25. The zero-order valence-corrected chi connectivity index (χ0v) is 27.8. The van der Waals surface area contributed by atoms with Crippen LogP contribution in [0.2, 0.25) is 0 Å². The zero-order chi connectivity index (χ0) is 33.5. The topological polar surface area (TPSA) is 65.0 Å². The summed E-state index contributed by atoms with van der Waals surface area (Å²) < 4.78 is 15.3. The molecule has 0 saturated heterocycles. The standard InChI is InChI=1S/C45H25N3O2S/c1-2-10-26(11-3-1)43-46-44(48-45(47-43)34-16-9-19-40-41(34)33-13-5-7-18-39(33)51-40)28-20-22-31-35-24-27(21-23-37(35)49-38(31)25-28)29-14-8-15-32-30-12-4-6-17-36(30)50-42(29)32/h1-25H. The number of rotatable bonds is 4. The van der Waals surface area contributed by atoms with Gasteiger partial charge in [-0.05, 0) is 48.0 Å². The number of thiophene rings is 1. The van der Waals surface area contributed by atoms with Crippen LogP contribution in [0, 0.1) is 0 Å². The maximum absolute atomic E-state index is 6.47. The molecule has 0 aliphatic carbocycles. The Morgan fingerprint density at radius 1 is 0.373 bits per heavy atom. The van der Waals surface area contributed by atoms with Gasteiger partial charge in [-0.15, -0.1) is 11.3 Å². The highest BCUT2D eigenvalue weighted by Gasteiger charge is 2.19. The molecule has 0 spiro atoms. The molecule has 0 N–H and O–H groups in total. The van der Waals surface area contributed by atoms with Gasteiger partial charge in [0.05, 0.1) is 0 Å². The Bertz CT molecular complexity index is 3160. The van der Waals surface area contributed by atoms with Crippen molar-refractivity contribution in [2.75, 3.05) is 0 Å². The lowest BCUT2D eigenvalue weighted by atomic mass is 10.00. The van der Waals surface area contributed by atoms with Crippen molar-refractivity contribution in [3.8, 4) is 45.3 Å². The van der Waals surface area contributed by atoms with Crippen molar-refractivity contribution in [3.05, 3.63) is 152 Å². The zero-order valence-electron chi connectivity index (χ0n) is 27.0. The summed E-state index contributed by atoms with van der Waals surface area (Å²) >= 11 is 1.79. The van der Waals surface area contributed by atoms with Crippen LogP contribution in [0.4, 0.5) is 0 Å². The largest absolute Gasteiger partial charge is 0.456 e. The number of furan rings is 2. The summed E-state index contributed by atoms with van der Waals surface area (Å²) in [4.78, 5) is 15.2. The summed E-state index contributed by atoms with van der Waals surface area (Å²) in [6.07, 6.45) is 0. The molecule has 5 nitrogen and oxygen atoms in total. The van der Waals surface area contributed by atoms with Crippen LogP contribution in [0.3, 0.4) is 0 Å². The summed E-state index contributed by atoms with van der Waals surface area (Å²) in [5, 5.41) is 6.67. The van der Waals surface area contributed by atoms with Crippen molar-refractivity contribution < 1.29 is 8.83 Å². The third-order valence-corrected chi connectivity index (χ3v) is 10.9. The Kier molecular flexibility index (Phi) is 6.05. The fourth-order valence-electron chi connectivity index (χ4n) is 7.36. The minimum absolute atomic E-state index is 0.593. The van der Waals surface area contributed by atoms with Gasteiger partial charge in [0, 0.05) is 64.0 Å². The van der Waals surface area contributed by atoms with Crippen molar-refractivity contribution in [2.24, 2.45) is 0 Å². The second-order valence-corrected chi connectivity index (χ2v) is 13.8. The van der Waals surface area contributed by atoms with E-state index in [1.54, 1.807) is 11.3 Å². The highest BCUT2D eigenvalue weighted by atomic mass is 32.1. The van der Waals surface area contributed by atoms with Crippen molar-refractivity contribution in [2.45, 2.75) is 0 Å². The lowest BCUT2D eigenvalue weighted by Gasteiger charge is -2.09. The minimum atomic E-state index is 0.593. The van der Waals surface area contributed by atoms with Crippen LogP contribution in [-0.2, 0) is 0 Å². The first kappa shape index (κ1) is 28.2. The first-order valence-corrected chi connectivity index (χ1v) is 17.7.